The van der Waals surface area contributed by atoms with Gasteiger partial charge >= 0.3 is 0 Å². The zero-order chi connectivity index (χ0) is 17.7. The first-order valence-electron chi connectivity index (χ1n) is 8.70. The van der Waals surface area contributed by atoms with Gasteiger partial charge in [0.2, 0.25) is 0 Å². The Bertz CT molecular complexity index is 944. The molecule has 4 nitrogen and oxygen atoms in total. The lowest BCUT2D eigenvalue weighted by molar-refractivity contribution is 0.910. The first-order valence-corrected chi connectivity index (χ1v) is 9.85. The Morgan fingerprint density at radius 1 is 1.04 bits per heavy atom. The number of hydrogen-bond donors (Lipinski definition) is 0. The Kier molecular flexibility index (Phi) is 3.99. The summed E-state index contributed by atoms with van der Waals surface area (Å²) in [6.45, 7) is 9.60. The number of nitrogens with zero attached hydrogens (tertiary/aromatic N) is 4. The molecule has 0 aliphatic carbocycles. The number of benzene rings is 1. The second-order valence-electron chi connectivity index (χ2n) is 7.02. The summed E-state index contributed by atoms with van der Waals surface area (Å²) in [7, 11) is 2.11. The summed E-state index contributed by atoms with van der Waals surface area (Å²) < 4.78 is 2.20. The van der Waals surface area contributed by atoms with Crippen LogP contribution in [0.3, 0.4) is 0 Å². The minimum absolute atomic E-state index is 0.842. The fourth-order valence-corrected chi connectivity index (χ4v) is 4.92. The van der Waals surface area contributed by atoms with Gasteiger partial charge in [-0.3, -0.25) is 0 Å². The van der Waals surface area contributed by atoms with Crippen LogP contribution in [-0.4, -0.2) is 32.7 Å². The molecule has 0 N–H and O–H groups in total. The molecule has 0 atom stereocenters. The van der Waals surface area contributed by atoms with Gasteiger partial charge < -0.3 is 9.47 Å². The SMILES string of the molecule is Cc1cc(C)c(-c2cn(C)c3c(N4CCSC4)nc(C)nc23)c(C)c1. The van der Waals surface area contributed by atoms with Gasteiger partial charge in [0.05, 0.1) is 5.88 Å². The fourth-order valence-electron chi connectivity index (χ4n) is 3.97. The first kappa shape index (κ1) is 16.5. The van der Waals surface area contributed by atoms with Crippen LogP contribution in [0.4, 0.5) is 5.82 Å². The monoisotopic (exact) mass is 352 g/mol. The van der Waals surface area contributed by atoms with E-state index in [0.717, 1.165) is 40.9 Å². The molecule has 0 bridgehead atoms. The number of fused-ring (bicyclic) bond motifs is 1. The molecule has 1 fully saturated rings. The molecule has 0 amide bonds. The molecule has 25 heavy (non-hydrogen) atoms. The number of rotatable bonds is 2. The second kappa shape index (κ2) is 6.06. The minimum atomic E-state index is 0.842. The first-order chi connectivity index (χ1) is 12.0. The van der Waals surface area contributed by atoms with E-state index in [2.05, 4.69) is 55.6 Å². The van der Waals surface area contributed by atoms with E-state index in [0.29, 0.717) is 0 Å². The van der Waals surface area contributed by atoms with Gasteiger partial charge in [-0.1, -0.05) is 17.7 Å². The highest BCUT2D eigenvalue weighted by Crippen LogP contribution is 2.38. The standard InChI is InChI=1S/C20H24N4S/c1-12-8-13(2)17(14(3)9-12)16-10-23(5)19-18(16)21-15(4)22-20(19)24-6-7-25-11-24/h8-10H,6-7,11H2,1-5H3. The number of anilines is 1. The molecule has 1 aromatic carbocycles. The molecule has 0 spiro atoms. The van der Waals surface area contributed by atoms with E-state index in [1.165, 1.54) is 27.8 Å². The number of aromatic nitrogens is 3. The van der Waals surface area contributed by atoms with Gasteiger partial charge in [-0.2, -0.15) is 0 Å². The maximum absolute atomic E-state index is 4.84. The summed E-state index contributed by atoms with van der Waals surface area (Å²) in [6, 6.07) is 4.51. The third-order valence-electron chi connectivity index (χ3n) is 4.91. The number of hydrogen-bond acceptors (Lipinski definition) is 4. The van der Waals surface area contributed by atoms with Crippen LogP contribution in [-0.2, 0) is 7.05 Å². The predicted molar refractivity (Wildman–Crippen MR) is 108 cm³/mol. The van der Waals surface area contributed by atoms with Gasteiger partial charge in [0.25, 0.3) is 0 Å². The van der Waals surface area contributed by atoms with Crippen molar-refractivity contribution >= 4 is 28.6 Å². The molecular weight excluding hydrogens is 328 g/mol. The lowest BCUT2D eigenvalue weighted by atomic mass is 9.95. The van der Waals surface area contributed by atoms with Crippen molar-refractivity contribution in [3.8, 4) is 11.1 Å². The molecule has 0 radical (unpaired) electrons. The maximum Gasteiger partial charge on any atom is 0.157 e. The molecule has 1 saturated heterocycles. The largest absolute Gasteiger partial charge is 0.346 e. The Hall–Kier alpha value is -2.01. The lowest BCUT2D eigenvalue weighted by Gasteiger charge is -2.18. The van der Waals surface area contributed by atoms with Gasteiger partial charge in [-0.15, -0.1) is 11.8 Å². The van der Waals surface area contributed by atoms with Crippen LogP contribution in [0.25, 0.3) is 22.2 Å². The summed E-state index contributed by atoms with van der Waals surface area (Å²) in [5.41, 5.74) is 8.64. The molecule has 0 saturated carbocycles. The zero-order valence-electron chi connectivity index (χ0n) is 15.6. The normalized spacial score (nSPS) is 14.7. The highest BCUT2D eigenvalue weighted by Gasteiger charge is 2.23. The molecule has 1 aliphatic heterocycles. The topological polar surface area (TPSA) is 34.0 Å². The zero-order valence-corrected chi connectivity index (χ0v) is 16.4. The molecule has 2 aromatic heterocycles. The van der Waals surface area contributed by atoms with E-state index in [1.807, 2.05) is 18.7 Å². The summed E-state index contributed by atoms with van der Waals surface area (Å²) in [6.07, 6.45) is 2.22. The lowest BCUT2D eigenvalue weighted by Crippen LogP contribution is -2.20. The van der Waals surface area contributed by atoms with Crippen molar-refractivity contribution in [2.45, 2.75) is 27.7 Å². The predicted octanol–water partition coefficient (Wildman–Crippen LogP) is 4.38. The van der Waals surface area contributed by atoms with Gasteiger partial charge in [0.15, 0.2) is 5.82 Å². The Balaban J connectivity index is 2.01. The van der Waals surface area contributed by atoms with Crippen LogP contribution >= 0.6 is 11.8 Å². The van der Waals surface area contributed by atoms with Crippen LogP contribution in [0.5, 0.6) is 0 Å². The summed E-state index contributed by atoms with van der Waals surface area (Å²) in [4.78, 5) is 12.0. The van der Waals surface area contributed by atoms with Crippen LogP contribution in [0.1, 0.15) is 22.5 Å². The van der Waals surface area contributed by atoms with E-state index in [1.54, 1.807) is 0 Å². The van der Waals surface area contributed by atoms with Crippen molar-refractivity contribution < 1.29 is 0 Å². The Morgan fingerprint density at radius 3 is 2.40 bits per heavy atom. The highest BCUT2D eigenvalue weighted by atomic mass is 32.2. The van der Waals surface area contributed by atoms with Gasteiger partial charge in [-0.05, 0) is 44.4 Å². The quantitative estimate of drug-likeness (QED) is 0.685. The van der Waals surface area contributed by atoms with Crippen molar-refractivity contribution in [1.82, 2.24) is 14.5 Å². The molecular formula is C20H24N4S. The summed E-state index contributed by atoms with van der Waals surface area (Å²) >= 11 is 1.96. The van der Waals surface area contributed by atoms with Gasteiger partial charge in [0, 0.05) is 31.1 Å². The smallest absolute Gasteiger partial charge is 0.157 e. The number of aryl methyl sites for hydroxylation is 5. The summed E-state index contributed by atoms with van der Waals surface area (Å²) in [5, 5.41) is 0. The molecule has 3 heterocycles. The summed E-state index contributed by atoms with van der Waals surface area (Å²) in [5.74, 6) is 4.09. The van der Waals surface area contributed by atoms with Crippen molar-refractivity contribution in [2.75, 3.05) is 23.1 Å². The molecule has 0 unspecified atom stereocenters. The van der Waals surface area contributed by atoms with Crippen molar-refractivity contribution in [1.29, 1.82) is 0 Å². The van der Waals surface area contributed by atoms with E-state index in [-0.39, 0.29) is 0 Å². The van der Waals surface area contributed by atoms with Crippen LogP contribution < -0.4 is 4.90 Å². The van der Waals surface area contributed by atoms with E-state index >= 15 is 0 Å². The van der Waals surface area contributed by atoms with Crippen molar-refractivity contribution in [2.24, 2.45) is 7.05 Å². The average molecular weight is 353 g/mol. The van der Waals surface area contributed by atoms with Crippen LogP contribution in [0.2, 0.25) is 0 Å². The fraction of sp³-hybridized carbons (Fsp3) is 0.400. The second-order valence-corrected chi connectivity index (χ2v) is 8.09. The third kappa shape index (κ3) is 2.71. The Morgan fingerprint density at radius 2 is 1.76 bits per heavy atom. The van der Waals surface area contributed by atoms with E-state index < -0.39 is 0 Å². The molecule has 1 aliphatic rings. The highest BCUT2D eigenvalue weighted by molar-refractivity contribution is 7.99. The molecule has 130 valence electrons. The van der Waals surface area contributed by atoms with Crippen molar-refractivity contribution in [3.63, 3.8) is 0 Å². The van der Waals surface area contributed by atoms with Crippen molar-refractivity contribution in [3.05, 3.63) is 40.8 Å². The molecule has 3 aromatic rings. The van der Waals surface area contributed by atoms with Gasteiger partial charge in [0.1, 0.15) is 16.9 Å². The number of thioether (sulfide) groups is 1. The van der Waals surface area contributed by atoms with Gasteiger partial charge in [-0.25, -0.2) is 9.97 Å². The van der Waals surface area contributed by atoms with Crippen LogP contribution in [0, 0.1) is 27.7 Å². The Labute approximate surface area is 153 Å². The average Bonchev–Trinajstić information content (AvgIpc) is 3.15. The third-order valence-corrected chi connectivity index (χ3v) is 5.87. The minimum Gasteiger partial charge on any atom is -0.346 e. The maximum atomic E-state index is 4.84. The van der Waals surface area contributed by atoms with E-state index in [4.69, 9.17) is 9.97 Å². The molecule has 4 rings (SSSR count). The van der Waals surface area contributed by atoms with E-state index in [9.17, 15) is 0 Å². The molecule has 5 heteroatoms. The van der Waals surface area contributed by atoms with Crippen LogP contribution in [0.15, 0.2) is 18.3 Å².